The zero-order valence-electron chi connectivity index (χ0n) is 24.2. The summed E-state index contributed by atoms with van der Waals surface area (Å²) in [5.41, 5.74) is 3.59. The minimum Gasteiger partial charge on any atom is -0.444 e. The van der Waals surface area contributed by atoms with Crippen molar-refractivity contribution in [1.29, 1.82) is 5.26 Å². The predicted octanol–water partition coefficient (Wildman–Crippen LogP) is 6.62. The maximum Gasteiger partial charge on any atom is 0.410 e. The number of benzene rings is 1. The number of anilines is 2. The first kappa shape index (κ1) is 28.5. The first-order valence-corrected chi connectivity index (χ1v) is 14.6. The fourth-order valence-corrected chi connectivity index (χ4v) is 6.02. The third kappa shape index (κ3) is 5.75. The Morgan fingerprint density at radius 3 is 2.61 bits per heavy atom. The quantitative estimate of drug-likeness (QED) is 0.264. The molecule has 41 heavy (non-hydrogen) atoms. The average molecular weight is 576 g/mol. The first-order valence-electron chi connectivity index (χ1n) is 13.8. The SMILES string of the molecule is CCc1nc2ccc(C3CCN(C(=O)OC(C)(C)C)CC3)nn2c1N(C)c1nc(-c2ccc(F)cc2C#N)c(C)s1. The van der Waals surface area contributed by atoms with Crippen LogP contribution in [0.1, 0.15) is 68.3 Å². The number of carbonyl (C=O) groups excluding carboxylic acids is 1. The van der Waals surface area contributed by atoms with Crippen LogP contribution in [0.25, 0.3) is 16.9 Å². The van der Waals surface area contributed by atoms with E-state index in [0.29, 0.717) is 30.8 Å². The van der Waals surface area contributed by atoms with Crippen molar-refractivity contribution in [2.24, 2.45) is 0 Å². The number of aryl methyl sites for hydroxylation is 2. The number of hydrogen-bond acceptors (Lipinski definition) is 8. The Morgan fingerprint density at radius 2 is 1.95 bits per heavy atom. The highest BCUT2D eigenvalue weighted by molar-refractivity contribution is 7.16. The second-order valence-corrected chi connectivity index (χ2v) is 12.4. The topological polar surface area (TPSA) is 99.7 Å². The molecule has 0 N–H and O–H groups in total. The molecule has 3 aromatic heterocycles. The third-order valence-corrected chi connectivity index (χ3v) is 8.24. The van der Waals surface area contributed by atoms with E-state index in [1.54, 1.807) is 11.0 Å². The van der Waals surface area contributed by atoms with Crippen molar-refractivity contribution in [2.45, 2.75) is 65.4 Å². The number of imidazole rings is 1. The van der Waals surface area contributed by atoms with E-state index >= 15 is 0 Å². The van der Waals surface area contributed by atoms with E-state index in [1.165, 1.54) is 23.5 Å². The van der Waals surface area contributed by atoms with Crippen molar-refractivity contribution in [3.8, 4) is 17.3 Å². The minimum absolute atomic E-state index is 0.209. The summed E-state index contributed by atoms with van der Waals surface area (Å²) in [7, 11) is 1.94. The summed E-state index contributed by atoms with van der Waals surface area (Å²) in [6.45, 7) is 10.9. The van der Waals surface area contributed by atoms with Gasteiger partial charge in [0.25, 0.3) is 0 Å². The molecule has 9 nitrogen and oxygen atoms in total. The maximum absolute atomic E-state index is 13.8. The zero-order chi connectivity index (χ0) is 29.5. The van der Waals surface area contributed by atoms with Crippen molar-refractivity contribution < 1.29 is 13.9 Å². The van der Waals surface area contributed by atoms with Gasteiger partial charge in [0.2, 0.25) is 0 Å². The fourth-order valence-electron chi connectivity index (χ4n) is 5.14. The van der Waals surface area contributed by atoms with Gasteiger partial charge in [0, 0.05) is 36.5 Å². The summed E-state index contributed by atoms with van der Waals surface area (Å²) in [6, 6.07) is 10.3. The van der Waals surface area contributed by atoms with E-state index in [1.807, 2.05) is 56.3 Å². The highest BCUT2D eigenvalue weighted by Crippen LogP contribution is 2.38. The van der Waals surface area contributed by atoms with Crippen LogP contribution < -0.4 is 4.90 Å². The highest BCUT2D eigenvalue weighted by Gasteiger charge is 2.29. The van der Waals surface area contributed by atoms with E-state index in [-0.39, 0.29) is 17.6 Å². The standard InChI is InChI=1S/C30H34FN7O2S/c1-7-23-27(36(6)28-34-26(18(2)41-28)22-9-8-21(31)16-20(22)17-32)38-25(33-23)11-10-24(35-38)19-12-14-37(15-13-19)29(39)40-30(3,4)5/h8-11,16,19H,7,12-15H2,1-6H3. The summed E-state index contributed by atoms with van der Waals surface area (Å²) in [6.07, 6.45) is 2.03. The van der Waals surface area contributed by atoms with Crippen molar-refractivity contribution in [3.63, 3.8) is 0 Å². The molecule has 0 saturated carbocycles. The number of ether oxygens (including phenoxy) is 1. The van der Waals surface area contributed by atoms with Crippen LogP contribution in [0.5, 0.6) is 0 Å². The Bertz CT molecular complexity index is 1640. The third-order valence-electron chi connectivity index (χ3n) is 7.19. The summed E-state index contributed by atoms with van der Waals surface area (Å²) in [5.74, 6) is 0.585. The number of thiazole rings is 1. The lowest BCUT2D eigenvalue weighted by Crippen LogP contribution is -2.41. The Labute approximate surface area is 243 Å². The Morgan fingerprint density at radius 1 is 1.22 bits per heavy atom. The molecule has 1 saturated heterocycles. The molecule has 4 heterocycles. The zero-order valence-corrected chi connectivity index (χ0v) is 25.0. The van der Waals surface area contributed by atoms with E-state index < -0.39 is 11.4 Å². The number of nitrogens with zero attached hydrogens (tertiary/aromatic N) is 7. The highest BCUT2D eigenvalue weighted by atomic mass is 32.1. The van der Waals surface area contributed by atoms with Crippen molar-refractivity contribution >= 4 is 34.0 Å². The first-order chi connectivity index (χ1) is 19.5. The largest absolute Gasteiger partial charge is 0.444 e. The molecule has 1 aromatic carbocycles. The smallest absolute Gasteiger partial charge is 0.410 e. The van der Waals surface area contributed by atoms with Crippen LogP contribution in [-0.4, -0.2) is 56.3 Å². The summed E-state index contributed by atoms with van der Waals surface area (Å²) in [4.78, 5) is 26.9. The molecule has 5 rings (SSSR count). The van der Waals surface area contributed by atoms with Crippen LogP contribution in [0, 0.1) is 24.1 Å². The van der Waals surface area contributed by atoms with Crippen LogP contribution in [0.2, 0.25) is 0 Å². The number of carbonyl (C=O) groups is 1. The van der Waals surface area contributed by atoms with Gasteiger partial charge in [-0.2, -0.15) is 14.9 Å². The lowest BCUT2D eigenvalue weighted by Gasteiger charge is -2.33. The summed E-state index contributed by atoms with van der Waals surface area (Å²) >= 11 is 1.50. The fraction of sp³-hybridized carbons (Fsp3) is 0.433. The molecule has 0 radical (unpaired) electrons. The van der Waals surface area contributed by atoms with E-state index in [0.717, 1.165) is 45.7 Å². The van der Waals surface area contributed by atoms with Crippen LogP contribution in [0.4, 0.5) is 20.1 Å². The van der Waals surface area contributed by atoms with E-state index in [4.69, 9.17) is 19.8 Å². The molecule has 1 aliphatic rings. The van der Waals surface area contributed by atoms with Gasteiger partial charge in [0.15, 0.2) is 16.6 Å². The number of rotatable bonds is 5. The molecule has 0 atom stereocenters. The molecule has 214 valence electrons. The van der Waals surface area contributed by atoms with Crippen LogP contribution in [0.3, 0.4) is 0 Å². The van der Waals surface area contributed by atoms with Crippen LogP contribution >= 0.6 is 11.3 Å². The second-order valence-electron chi connectivity index (χ2n) is 11.3. The van der Waals surface area contributed by atoms with Gasteiger partial charge in [-0.3, -0.25) is 0 Å². The van der Waals surface area contributed by atoms with Crippen LogP contribution in [-0.2, 0) is 11.2 Å². The molecule has 11 heteroatoms. The number of amides is 1. The molecular formula is C30H34FN7O2S. The molecule has 4 aromatic rings. The molecule has 0 unspecified atom stereocenters. The van der Waals surface area contributed by atoms with Crippen LogP contribution in [0.15, 0.2) is 30.3 Å². The van der Waals surface area contributed by atoms with Gasteiger partial charge in [-0.05, 0) is 77.3 Å². The number of likely N-dealkylation sites (tertiary alicyclic amines) is 1. The normalized spacial score (nSPS) is 14.3. The molecule has 1 amide bonds. The van der Waals surface area contributed by atoms with E-state index in [2.05, 4.69) is 13.0 Å². The minimum atomic E-state index is -0.519. The Kier molecular flexibility index (Phi) is 7.70. The molecule has 0 spiro atoms. The molecular weight excluding hydrogens is 541 g/mol. The summed E-state index contributed by atoms with van der Waals surface area (Å²) in [5, 5.41) is 15.3. The number of aromatic nitrogens is 4. The monoisotopic (exact) mass is 575 g/mol. The number of hydrogen-bond donors (Lipinski definition) is 0. The van der Waals surface area contributed by atoms with Gasteiger partial charge in [0.05, 0.1) is 28.7 Å². The average Bonchev–Trinajstić information content (AvgIpc) is 3.51. The lowest BCUT2D eigenvalue weighted by atomic mass is 9.93. The lowest BCUT2D eigenvalue weighted by molar-refractivity contribution is 0.0204. The van der Waals surface area contributed by atoms with Gasteiger partial charge in [-0.1, -0.05) is 6.92 Å². The van der Waals surface area contributed by atoms with Crippen molar-refractivity contribution in [1.82, 2.24) is 24.5 Å². The van der Waals surface area contributed by atoms with E-state index in [9.17, 15) is 14.4 Å². The molecule has 1 fully saturated rings. The number of halogens is 1. The van der Waals surface area contributed by atoms with Gasteiger partial charge in [-0.25, -0.2) is 19.2 Å². The number of fused-ring (bicyclic) bond motifs is 1. The van der Waals surface area contributed by atoms with Gasteiger partial charge >= 0.3 is 6.09 Å². The number of piperidine rings is 1. The molecule has 1 aliphatic heterocycles. The Hall–Kier alpha value is -4.04. The Balaban J connectivity index is 1.44. The van der Waals surface area contributed by atoms with Gasteiger partial charge in [-0.15, -0.1) is 11.3 Å². The molecule has 0 bridgehead atoms. The second kappa shape index (κ2) is 11.1. The maximum atomic E-state index is 13.8. The molecule has 0 aliphatic carbocycles. The van der Waals surface area contributed by atoms with Gasteiger partial charge < -0.3 is 14.5 Å². The summed E-state index contributed by atoms with van der Waals surface area (Å²) < 4.78 is 21.2. The van der Waals surface area contributed by atoms with Crippen molar-refractivity contribution in [3.05, 3.63) is 58.0 Å². The predicted molar refractivity (Wildman–Crippen MR) is 157 cm³/mol. The number of nitriles is 1. The van der Waals surface area contributed by atoms with Gasteiger partial charge in [0.1, 0.15) is 11.4 Å². The van der Waals surface area contributed by atoms with Crippen molar-refractivity contribution in [2.75, 3.05) is 25.0 Å².